The van der Waals surface area contributed by atoms with E-state index < -0.39 is 15.4 Å². The number of nitrogens with two attached hydrogens (primary N) is 1. The van der Waals surface area contributed by atoms with Crippen LogP contribution < -0.4 is 16.6 Å². The number of aromatic nitrogens is 3. The van der Waals surface area contributed by atoms with E-state index in [4.69, 9.17) is 5.73 Å². The van der Waals surface area contributed by atoms with E-state index in [-0.39, 0.29) is 41.3 Å². The van der Waals surface area contributed by atoms with Crippen molar-refractivity contribution < 1.29 is 13.2 Å². The number of imidazole rings is 1. The highest BCUT2D eigenvalue weighted by Gasteiger charge is 2.29. The molecule has 1 amide bonds. The average molecular weight is 444 g/mol. The third-order valence-electron chi connectivity index (χ3n) is 5.80. The van der Waals surface area contributed by atoms with Crippen molar-refractivity contribution in [3.8, 4) is 0 Å². The van der Waals surface area contributed by atoms with Gasteiger partial charge >= 0.3 is 0 Å². The Hall–Kier alpha value is -3.14. The van der Waals surface area contributed by atoms with Crippen molar-refractivity contribution in [2.24, 2.45) is 5.92 Å². The predicted octanol–water partition coefficient (Wildman–Crippen LogP) is 1.51. The van der Waals surface area contributed by atoms with Crippen LogP contribution in [0.3, 0.4) is 0 Å². The zero-order chi connectivity index (χ0) is 22.2. The SMILES string of the molecule is Cc1cc(S(=O)(=O)CC2CCC2)c(N)c(=O)n1CC(=O)NCc1ccc2nc[nH]c2c1. The smallest absolute Gasteiger partial charge is 0.275 e. The number of H-pyrrole nitrogens is 1. The highest BCUT2D eigenvalue weighted by Crippen LogP contribution is 2.30. The highest BCUT2D eigenvalue weighted by atomic mass is 32.2. The molecule has 164 valence electrons. The maximum Gasteiger partial charge on any atom is 0.275 e. The molecule has 1 aromatic carbocycles. The summed E-state index contributed by atoms with van der Waals surface area (Å²) in [6, 6.07) is 7.00. The number of anilines is 1. The van der Waals surface area contributed by atoms with Crippen molar-refractivity contribution in [3.63, 3.8) is 0 Å². The number of pyridine rings is 1. The monoisotopic (exact) mass is 443 g/mol. The number of sulfone groups is 1. The van der Waals surface area contributed by atoms with Gasteiger partial charge in [0.2, 0.25) is 5.91 Å². The minimum Gasteiger partial charge on any atom is -0.393 e. The average Bonchev–Trinajstić information content (AvgIpc) is 3.17. The van der Waals surface area contributed by atoms with E-state index in [0.717, 1.165) is 35.9 Å². The number of nitrogen functional groups attached to an aromatic ring is 1. The summed E-state index contributed by atoms with van der Waals surface area (Å²) in [5, 5.41) is 2.77. The molecule has 0 bridgehead atoms. The molecule has 0 atom stereocenters. The number of carbonyl (C=O) groups excluding carboxylic acids is 1. The highest BCUT2D eigenvalue weighted by molar-refractivity contribution is 7.91. The van der Waals surface area contributed by atoms with E-state index in [2.05, 4.69) is 15.3 Å². The second kappa shape index (κ2) is 8.18. The number of fused-ring (bicyclic) bond motifs is 1. The largest absolute Gasteiger partial charge is 0.393 e. The molecule has 9 nitrogen and oxygen atoms in total. The Morgan fingerprint density at radius 2 is 2.10 bits per heavy atom. The van der Waals surface area contributed by atoms with E-state index in [0.29, 0.717) is 5.69 Å². The van der Waals surface area contributed by atoms with Crippen LogP contribution in [0.1, 0.15) is 30.5 Å². The Morgan fingerprint density at radius 1 is 1.32 bits per heavy atom. The Balaban J connectivity index is 1.48. The van der Waals surface area contributed by atoms with Gasteiger partial charge in [0.1, 0.15) is 12.2 Å². The van der Waals surface area contributed by atoms with Crippen LogP contribution >= 0.6 is 0 Å². The van der Waals surface area contributed by atoms with Gasteiger partial charge in [0, 0.05) is 12.2 Å². The minimum atomic E-state index is -3.65. The number of aryl methyl sites for hydroxylation is 1. The number of benzene rings is 1. The lowest BCUT2D eigenvalue weighted by molar-refractivity contribution is -0.121. The second-order valence-corrected chi connectivity index (χ2v) is 10.1. The zero-order valence-electron chi connectivity index (χ0n) is 17.2. The maximum absolute atomic E-state index is 12.7. The molecule has 4 rings (SSSR count). The first kappa shape index (κ1) is 21.1. The van der Waals surface area contributed by atoms with Crippen molar-refractivity contribution in [2.75, 3.05) is 11.5 Å². The lowest BCUT2D eigenvalue weighted by atomic mass is 9.87. The van der Waals surface area contributed by atoms with Gasteiger partial charge in [0.05, 0.1) is 28.0 Å². The number of hydrogen-bond acceptors (Lipinski definition) is 6. The van der Waals surface area contributed by atoms with Gasteiger partial charge in [0.25, 0.3) is 5.56 Å². The summed E-state index contributed by atoms with van der Waals surface area (Å²) in [4.78, 5) is 32.2. The first-order valence-corrected chi connectivity index (χ1v) is 11.8. The normalized spacial score (nSPS) is 14.5. The Kier molecular flexibility index (Phi) is 5.57. The first-order chi connectivity index (χ1) is 14.7. The molecule has 1 aliphatic carbocycles. The van der Waals surface area contributed by atoms with Gasteiger partial charge in [-0.15, -0.1) is 0 Å². The number of nitrogens with zero attached hydrogens (tertiary/aromatic N) is 2. The van der Waals surface area contributed by atoms with Crippen molar-refractivity contribution >= 4 is 32.5 Å². The molecule has 0 spiro atoms. The Bertz CT molecular complexity index is 1310. The molecule has 1 saturated carbocycles. The van der Waals surface area contributed by atoms with Crippen molar-refractivity contribution in [1.29, 1.82) is 0 Å². The molecule has 31 heavy (non-hydrogen) atoms. The number of rotatable bonds is 7. The van der Waals surface area contributed by atoms with Crippen molar-refractivity contribution in [1.82, 2.24) is 19.9 Å². The third-order valence-corrected chi connectivity index (χ3v) is 7.72. The summed E-state index contributed by atoms with van der Waals surface area (Å²) in [5.41, 5.74) is 7.86. The van der Waals surface area contributed by atoms with E-state index in [1.807, 2.05) is 18.2 Å². The van der Waals surface area contributed by atoms with Crippen molar-refractivity contribution in [3.05, 3.63) is 52.2 Å². The van der Waals surface area contributed by atoms with E-state index in [9.17, 15) is 18.0 Å². The van der Waals surface area contributed by atoms with E-state index >= 15 is 0 Å². The van der Waals surface area contributed by atoms with Gasteiger partial charge < -0.3 is 20.6 Å². The topological polar surface area (TPSA) is 140 Å². The summed E-state index contributed by atoms with van der Waals surface area (Å²) in [6.45, 7) is 1.64. The number of nitrogens with one attached hydrogen (secondary N) is 2. The van der Waals surface area contributed by atoms with Crippen molar-refractivity contribution in [2.45, 2.75) is 44.2 Å². The van der Waals surface area contributed by atoms with Gasteiger partial charge in [-0.2, -0.15) is 0 Å². The maximum atomic E-state index is 12.7. The van der Waals surface area contributed by atoms with Crippen LogP contribution in [0.5, 0.6) is 0 Å². The van der Waals surface area contributed by atoms with E-state index in [1.54, 1.807) is 13.3 Å². The van der Waals surface area contributed by atoms with Crippen LogP contribution in [-0.4, -0.2) is 34.6 Å². The van der Waals surface area contributed by atoms with Gasteiger partial charge in [0.15, 0.2) is 9.84 Å². The molecule has 2 heterocycles. The van der Waals surface area contributed by atoms with Crippen LogP contribution in [-0.2, 0) is 27.7 Å². The quantitative estimate of drug-likeness (QED) is 0.506. The number of amides is 1. The van der Waals surface area contributed by atoms with Gasteiger partial charge in [-0.1, -0.05) is 12.5 Å². The zero-order valence-corrected chi connectivity index (χ0v) is 18.0. The predicted molar refractivity (Wildman–Crippen MR) is 117 cm³/mol. The number of carbonyl (C=O) groups is 1. The third kappa shape index (κ3) is 4.34. The van der Waals surface area contributed by atoms with Gasteiger partial charge in [-0.05, 0) is 49.4 Å². The molecular weight excluding hydrogens is 418 g/mol. The molecular formula is C21H25N5O4S. The van der Waals surface area contributed by atoms with Crippen LogP contribution in [0.2, 0.25) is 0 Å². The molecule has 1 fully saturated rings. The molecule has 3 aromatic rings. The number of aromatic amines is 1. The lowest BCUT2D eigenvalue weighted by Gasteiger charge is -2.25. The number of hydrogen-bond donors (Lipinski definition) is 3. The Labute approximate surface area is 179 Å². The molecule has 10 heteroatoms. The van der Waals surface area contributed by atoms with Gasteiger partial charge in [-0.25, -0.2) is 13.4 Å². The molecule has 0 aliphatic heterocycles. The molecule has 0 saturated heterocycles. The second-order valence-electron chi connectivity index (χ2n) is 8.06. The first-order valence-electron chi connectivity index (χ1n) is 10.2. The molecule has 1 aliphatic rings. The molecule has 2 aromatic heterocycles. The fraction of sp³-hybridized carbons (Fsp3) is 0.381. The molecule has 4 N–H and O–H groups in total. The van der Waals surface area contributed by atoms with Crippen LogP contribution in [0.15, 0.2) is 40.3 Å². The van der Waals surface area contributed by atoms with Gasteiger partial charge in [-0.3, -0.25) is 9.59 Å². The van der Waals surface area contributed by atoms with Crippen LogP contribution in [0, 0.1) is 12.8 Å². The standard InChI is InChI=1S/C21H25N5O4S/c1-13-7-18(31(29,30)11-14-3-2-4-14)20(22)21(28)26(13)10-19(27)23-9-15-5-6-16-17(8-15)25-12-24-16/h5-8,12,14H,2-4,9-11,22H2,1H3,(H,23,27)(H,24,25). The fourth-order valence-electron chi connectivity index (χ4n) is 3.76. The summed E-state index contributed by atoms with van der Waals surface area (Å²) >= 11 is 0. The molecule has 0 unspecified atom stereocenters. The minimum absolute atomic E-state index is 0.00124. The summed E-state index contributed by atoms with van der Waals surface area (Å²) in [7, 11) is -3.65. The molecule has 0 radical (unpaired) electrons. The Morgan fingerprint density at radius 3 is 2.81 bits per heavy atom. The fourth-order valence-corrected chi connectivity index (χ4v) is 5.67. The summed E-state index contributed by atoms with van der Waals surface area (Å²) < 4.78 is 26.6. The summed E-state index contributed by atoms with van der Waals surface area (Å²) in [5.74, 6) is -0.250. The van der Waals surface area contributed by atoms with Crippen LogP contribution in [0.4, 0.5) is 5.69 Å². The van der Waals surface area contributed by atoms with E-state index in [1.165, 1.54) is 10.6 Å². The lowest BCUT2D eigenvalue weighted by Crippen LogP contribution is -2.35. The van der Waals surface area contributed by atoms with Crippen LogP contribution in [0.25, 0.3) is 11.0 Å². The summed E-state index contributed by atoms with van der Waals surface area (Å²) in [6.07, 6.45) is 4.38.